The minimum Gasteiger partial charge on any atom is -0.478 e. The van der Waals surface area contributed by atoms with Gasteiger partial charge < -0.3 is 65.5 Å². The number of aliphatic hydroxyl groups excluding tert-OH is 5. The maximum atomic E-state index is 13.6. The monoisotopic (exact) mass is 679 g/mol. The van der Waals surface area contributed by atoms with Crippen LogP contribution >= 0.6 is 0 Å². The molecule has 48 heavy (non-hydrogen) atoms. The summed E-state index contributed by atoms with van der Waals surface area (Å²) in [6.07, 6.45) is 2.71. The second-order valence-corrected chi connectivity index (χ2v) is 12.1. The van der Waals surface area contributed by atoms with Crippen LogP contribution in [0.25, 0.3) is 0 Å². The summed E-state index contributed by atoms with van der Waals surface area (Å²) in [5.74, 6) is -3.52. The summed E-state index contributed by atoms with van der Waals surface area (Å²) in [6, 6.07) is 0. The predicted octanol–water partition coefficient (Wildman–Crippen LogP) is -2.46. The molecule has 2 fully saturated rings. The van der Waals surface area contributed by atoms with Crippen molar-refractivity contribution >= 4 is 17.9 Å². The molecule has 1 saturated carbocycles. The van der Waals surface area contributed by atoms with E-state index in [0.29, 0.717) is 10.5 Å². The summed E-state index contributed by atoms with van der Waals surface area (Å²) < 4.78 is 23.1. The summed E-state index contributed by atoms with van der Waals surface area (Å²) in [5.41, 5.74) is 6.61. The maximum absolute atomic E-state index is 13.6. The first-order valence-corrected chi connectivity index (χ1v) is 16.0. The van der Waals surface area contributed by atoms with Crippen molar-refractivity contribution in [3.05, 3.63) is 59.7 Å². The van der Waals surface area contributed by atoms with Crippen molar-refractivity contribution in [2.75, 3.05) is 33.4 Å². The zero-order valence-corrected chi connectivity index (χ0v) is 26.8. The zero-order valence-electron chi connectivity index (χ0n) is 26.8. The Bertz CT molecular complexity index is 1320. The summed E-state index contributed by atoms with van der Waals surface area (Å²) >= 11 is 0. The molecule has 0 radical (unpaired) electrons. The van der Waals surface area contributed by atoms with Crippen molar-refractivity contribution in [1.29, 1.82) is 0 Å². The molecule has 16 nitrogen and oxygen atoms in total. The van der Waals surface area contributed by atoms with E-state index >= 15 is 0 Å². The lowest BCUT2D eigenvalue weighted by atomic mass is 9.83. The van der Waals surface area contributed by atoms with E-state index < -0.39 is 67.4 Å². The Morgan fingerprint density at radius 2 is 1.88 bits per heavy atom. The van der Waals surface area contributed by atoms with E-state index in [0.717, 1.165) is 32.1 Å². The predicted molar refractivity (Wildman–Crippen MR) is 168 cm³/mol. The summed E-state index contributed by atoms with van der Waals surface area (Å²) in [4.78, 5) is 30.5. The average Bonchev–Trinajstić information content (AvgIpc) is 3.08. The maximum Gasteiger partial charge on any atom is 0.339 e. The fraction of sp³-hybridized carbons (Fsp3) is 0.594. The number of nitrogens with two attached hydrogens (primary N) is 1. The van der Waals surface area contributed by atoms with Crippen LogP contribution in [0.2, 0.25) is 0 Å². The molecule has 9 atom stereocenters. The van der Waals surface area contributed by atoms with Gasteiger partial charge in [0.05, 0.1) is 42.2 Å². The number of guanidine groups is 1. The Morgan fingerprint density at radius 1 is 1.15 bits per heavy atom. The third-order valence-corrected chi connectivity index (χ3v) is 8.89. The van der Waals surface area contributed by atoms with E-state index in [4.69, 9.17) is 24.7 Å². The largest absolute Gasteiger partial charge is 0.478 e. The highest BCUT2D eigenvalue weighted by Crippen LogP contribution is 2.37. The van der Waals surface area contributed by atoms with Gasteiger partial charge in [0.2, 0.25) is 6.29 Å². The second-order valence-electron chi connectivity index (χ2n) is 12.1. The van der Waals surface area contributed by atoms with Crippen LogP contribution < -0.4 is 16.0 Å². The van der Waals surface area contributed by atoms with Crippen LogP contribution in [-0.2, 0) is 28.5 Å². The fourth-order valence-electron chi connectivity index (χ4n) is 6.19. The molecule has 0 aromatic heterocycles. The van der Waals surface area contributed by atoms with Crippen molar-refractivity contribution in [3.63, 3.8) is 0 Å². The Balaban J connectivity index is 1.71. The summed E-state index contributed by atoms with van der Waals surface area (Å²) in [7, 11) is 1.44. The van der Waals surface area contributed by atoms with E-state index in [2.05, 4.69) is 16.9 Å². The molecule has 1 saturated heterocycles. The minimum atomic E-state index is -1.71. The third kappa shape index (κ3) is 8.69. The smallest absolute Gasteiger partial charge is 0.339 e. The highest BCUT2D eigenvalue weighted by atomic mass is 16.8. The van der Waals surface area contributed by atoms with Gasteiger partial charge in [0, 0.05) is 13.0 Å². The number of rotatable bonds is 12. The van der Waals surface area contributed by atoms with E-state index in [1.54, 1.807) is 18.4 Å². The number of aliphatic carboxylic acids is 1. The molecule has 0 aromatic rings. The van der Waals surface area contributed by atoms with Gasteiger partial charge in [-0.3, -0.25) is 4.99 Å². The molecule has 4 rings (SSSR count). The SMILES string of the molecule is C=CC1C(OC2OC(CO)C(O)C(O)C2O)OC=C(C(=O)OC2CCCCC2)C1C=CC1=C[NH+](CCO)CC(C(=O)O)=C1NC(N)=NC. The molecular weight excluding hydrogens is 632 g/mol. The van der Waals surface area contributed by atoms with E-state index in [1.165, 1.54) is 19.4 Å². The second kappa shape index (κ2) is 17.2. The van der Waals surface area contributed by atoms with Crippen molar-refractivity contribution < 1.29 is 64.1 Å². The van der Waals surface area contributed by atoms with Gasteiger partial charge in [0.15, 0.2) is 12.2 Å². The highest BCUT2D eigenvalue weighted by Gasteiger charge is 2.47. The number of carboxylic acids is 1. The highest BCUT2D eigenvalue weighted by molar-refractivity contribution is 5.92. The van der Waals surface area contributed by atoms with Crippen LogP contribution in [0.15, 0.2) is 64.7 Å². The van der Waals surface area contributed by atoms with E-state index in [1.807, 2.05) is 0 Å². The number of hydrogen-bond donors (Lipinski definition) is 9. The number of carbonyl (C=O) groups excluding carboxylic acids is 1. The molecule has 3 aliphatic heterocycles. The molecule has 0 amide bonds. The van der Waals surface area contributed by atoms with Gasteiger partial charge in [-0.15, -0.1) is 6.58 Å². The number of allylic oxidation sites excluding steroid dienone is 2. The number of nitrogens with one attached hydrogen (secondary N) is 2. The van der Waals surface area contributed by atoms with Crippen LogP contribution in [-0.4, -0.2) is 125 Å². The van der Waals surface area contributed by atoms with Crippen molar-refractivity contribution in [2.45, 2.75) is 75.2 Å². The first-order chi connectivity index (χ1) is 23.0. The molecule has 9 unspecified atom stereocenters. The van der Waals surface area contributed by atoms with Crippen molar-refractivity contribution in [1.82, 2.24) is 5.32 Å². The van der Waals surface area contributed by atoms with Crippen molar-refractivity contribution in [3.8, 4) is 0 Å². The zero-order chi connectivity index (χ0) is 35.0. The number of carboxylic acid groups (broad SMARTS) is 1. The number of esters is 1. The van der Waals surface area contributed by atoms with Gasteiger partial charge in [-0.05, 0) is 25.7 Å². The van der Waals surface area contributed by atoms with E-state index in [-0.39, 0.29) is 48.6 Å². The number of aliphatic imine (C=N–C) groups is 1. The molecule has 16 heteroatoms. The van der Waals surface area contributed by atoms with Gasteiger partial charge in [0.25, 0.3) is 0 Å². The first-order valence-electron chi connectivity index (χ1n) is 16.0. The number of carbonyl (C=O) groups is 2. The van der Waals surface area contributed by atoms with Gasteiger partial charge in [-0.1, -0.05) is 24.6 Å². The summed E-state index contributed by atoms with van der Waals surface area (Å²) in [6.45, 7) is 3.32. The Kier molecular flexibility index (Phi) is 13.3. The molecule has 0 spiro atoms. The van der Waals surface area contributed by atoms with Gasteiger partial charge in [-0.25, -0.2) is 9.59 Å². The van der Waals surface area contributed by atoms with Gasteiger partial charge in [-0.2, -0.15) is 0 Å². The number of nitrogens with zero attached hydrogens (tertiary/aromatic N) is 1. The fourth-order valence-corrected chi connectivity index (χ4v) is 6.19. The van der Waals surface area contributed by atoms with Gasteiger partial charge in [0.1, 0.15) is 55.4 Å². The molecule has 1 aliphatic carbocycles. The number of aliphatic hydroxyl groups is 5. The minimum absolute atomic E-state index is 0.00394. The molecule has 10 N–H and O–H groups in total. The lowest BCUT2D eigenvalue weighted by Crippen LogP contribution is -3.09. The Morgan fingerprint density at radius 3 is 2.50 bits per heavy atom. The normalized spacial score (nSPS) is 33.5. The number of quaternary nitrogens is 1. The third-order valence-electron chi connectivity index (χ3n) is 8.89. The lowest BCUT2D eigenvalue weighted by molar-refractivity contribution is -0.843. The standard InChI is InChI=1S/C32H46N4O12/c1-3-19-20(10-9-17-13-36(11-12-37)14-21(28(42)43)24(17)35-32(33)34-2)22(29(44)46-18-7-5-4-6-8-18)16-45-30(19)48-31-27(41)26(40)25(39)23(15-38)47-31/h3,9-10,13,16,18-20,23,25-27,30-31,37-41H,1,4-8,11-12,14-15H2,2H3,(H,42,43)(H3,33,34,35)/p+1. The van der Waals surface area contributed by atoms with Crippen molar-refractivity contribution in [2.24, 2.45) is 22.6 Å². The van der Waals surface area contributed by atoms with Gasteiger partial charge >= 0.3 is 11.9 Å². The summed E-state index contributed by atoms with van der Waals surface area (Å²) in [5, 5.41) is 63.2. The quantitative estimate of drug-likeness (QED) is 0.0450. The Labute approximate surface area is 278 Å². The van der Waals surface area contributed by atoms with Crippen LogP contribution in [0.5, 0.6) is 0 Å². The molecule has 3 heterocycles. The average molecular weight is 680 g/mol. The number of ether oxygens (including phenoxy) is 4. The Hall–Kier alpha value is -3.61. The van der Waals surface area contributed by atoms with Crippen LogP contribution in [0.1, 0.15) is 32.1 Å². The van der Waals surface area contributed by atoms with Crippen LogP contribution in [0.4, 0.5) is 0 Å². The topological polar surface area (TPSA) is 247 Å². The lowest BCUT2D eigenvalue weighted by Gasteiger charge is -2.42. The molecule has 0 aromatic carbocycles. The molecule has 0 bridgehead atoms. The van der Waals surface area contributed by atoms with Crippen LogP contribution in [0, 0.1) is 11.8 Å². The first kappa shape index (κ1) is 37.2. The van der Waals surface area contributed by atoms with E-state index in [9.17, 15) is 40.2 Å². The molecule has 266 valence electrons. The molecule has 4 aliphatic rings. The molecular formula is C32H47N4O12+. The number of hydrogen-bond acceptors (Lipinski definition) is 12. The van der Waals surface area contributed by atoms with Crippen LogP contribution in [0.3, 0.4) is 0 Å².